The van der Waals surface area contributed by atoms with Crippen molar-refractivity contribution in [2.45, 2.75) is 25.4 Å². The van der Waals surface area contributed by atoms with E-state index in [9.17, 15) is 18.0 Å². The molecule has 2 atom stereocenters. The number of anilines is 1. The van der Waals surface area contributed by atoms with Crippen LogP contribution in [0.2, 0.25) is 0 Å². The Bertz CT molecular complexity index is 1250. The van der Waals surface area contributed by atoms with Gasteiger partial charge in [-0.25, -0.2) is 0 Å². The van der Waals surface area contributed by atoms with Crippen LogP contribution in [-0.4, -0.2) is 12.3 Å². The van der Waals surface area contributed by atoms with Gasteiger partial charge in [-0.3, -0.25) is 9.69 Å². The minimum Gasteiger partial charge on any atom is -0.406 e. The summed E-state index contributed by atoms with van der Waals surface area (Å²) in [6.45, 7) is 1.92. The van der Waals surface area contributed by atoms with E-state index in [1.54, 1.807) is 36.4 Å². The average Bonchev–Trinajstić information content (AvgIpc) is 3.14. The van der Waals surface area contributed by atoms with Crippen molar-refractivity contribution in [3.8, 4) is 11.8 Å². The molecule has 4 rings (SSSR count). The first-order valence-electron chi connectivity index (χ1n) is 10.5. The molecule has 0 aromatic heterocycles. The lowest BCUT2D eigenvalue weighted by atomic mass is 10.1. The van der Waals surface area contributed by atoms with Crippen molar-refractivity contribution in [3.63, 3.8) is 0 Å². The third-order valence-corrected chi connectivity index (χ3v) is 5.43. The van der Waals surface area contributed by atoms with E-state index in [1.807, 2.05) is 43.3 Å². The van der Waals surface area contributed by atoms with Crippen molar-refractivity contribution >= 4 is 11.6 Å². The van der Waals surface area contributed by atoms with Crippen molar-refractivity contribution in [2.24, 2.45) is 0 Å². The van der Waals surface area contributed by atoms with Gasteiger partial charge in [0, 0.05) is 11.7 Å². The molecular weight excluding hydrogens is 443 g/mol. The molecule has 1 N–H and O–H groups in total. The molecule has 172 valence electrons. The predicted octanol–water partition coefficient (Wildman–Crippen LogP) is 5.78. The van der Waals surface area contributed by atoms with Crippen LogP contribution in [0.5, 0.6) is 5.75 Å². The molecule has 5 nitrogen and oxygen atoms in total. The van der Waals surface area contributed by atoms with Crippen LogP contribution >= 0.6 is 0 Å². The first kappa shape index (κ1) is 22.9. The first-order valence-corrected chi connectivity index (χ1v) is 10.5. The Morgan fingerprint density at radius 1 is 1.03 bits per heavy atom. The molecular formula is C26H20F3N3O2. The number of halogens is 3. The van der Waals surface area contributed by atoms with Gasteiger partial charge in [0.2, 0.25) is 0 Å². The van der Waals surface area contributed by atoms with E-state index in [0.717, 1.165) is 5.56 Å². The zero-order valence-electron chi connectivity index (χ0n) is 18.1. The second kappa shape index (κ2) is 9.32. The zero-order chi connectivity index (χ0) is 24.3. The molecule has 34 heavy (non-hydrogen) atoms. The Balaban J connectivity index is 1.70. The lowest BCUT2D eigenvalue weighted by molar-refractivity contribution is -0.274. The Kier molecular flexibility index (Phi) is 6.28. The molecule has 0 aliphatic carbocycles. The van der Waals surface area contributed by atoms with E-state index in [1.165, 1.54) is 23.1 Å². The van der Waals surface area contributed by atoms with Crippen LogP contribution in [0.4, 0.5) is 18.9 Å². The highest BCUT2D eigenvalue weighted by Crippen LogP contribution is 2.37. The number of carbonyl (C=O) groups is 1. The van der Waals surface area contributed by atoms with Crippen LogP contribution in [0.3, 0.4) is 0 Å². The molecule has 8 heteroatoms. The maximum atomic E-state index is 13.4. The Morgan fingerprint density at radius 3 is 2.38 bits per heavy atom. The number of alkyl halides is 3. The quantitative estimate of drug-likeness (QED) is 0.503. The van der Waals surface area contributed by atoms with Gasteiger partial charge in [0.25, 0.3) is 5.91 Å². The summed E-state index contributed by atoms with van der Waals surface area (Å²) < 4.78 is 42.3. The van der Waals surface area contributed by atoms with Gasteiger partial charge in [0.05, 0.1) is 23.4 Å². The van der Waals surface area contributed by atoms with Gasteiger partial charge in [0.1, 0.15) is 5.75 Å². The number of nitrogens with one attached hydrogen (secondary N) is 1. The number of nitrogens with zero attached hydrogens (tertiary/aromatic N) is 2. The summed E-state index contributed by atoms with van der Waals surface area (Å²) >= 11 is 0. The fraction of sp³-hybridized carbons (Fsp3) is 0.154. The minimum atomic E-state index is -4.83. The molecule has 0 spiro atoms. The molecule has 0 saturated carbocycles. The van der Waals surface area contributed by atoms with Crippen molar-refractivity contribution in [3.05, 3.63) is 107 Å². The minimum absolute atomic E-state index is 0.183. The molecule has 0 unspecified atom stereocenters. The zero-order valence-corrected chi connectivity index (χ0v) is 18.1. The normalized spacial score (nSPS) is 16.6. The van der Waals surface area contributed by atoms with Gasteiger partial charge in [-0.2, -0.15) is 5.26 Å². The van der Waals surface area contributed by atoms with Crippen molar-refractivity contribution < 1.29 is 22.7 Å². The lowest BCUT2D eigenvalue weighted by Gasteiger charge is -2.26. The monoisotopic (exact) mass is 463 g/mol. The molecule has 1 aliphatic rings. The van der Waals surface area contributed by atoms with Crippen LogP contribution in [0.15, 0.2) is 90.6 Å². The largest absolute Gasteiger partial charge is 0.573 e. The third-order valence-electron chi connectivity index (χ3n) is 5.43. The molecule has 0 fully saturated rings. The number of hydrogen-bond donors (Lipinski definition) is 1. The van der Waals surface area contributed by atoms with Gasteiger partial charge in [-0.05, 0) is 60.5 Å². The Morgan fingerprint density at radius 2 is 1.74 bits per heavy atom. The standard InChI is InChI=1S/C26H20F3N3O2/c1-17(19-6-3-2-4-7-19)31-23-15-24(20-8-5-9-22(14-20)34-26(27,28)29)32(25(23)33)21-12-10-18(16-30)11-13-21/h2-15,17,24,31H,1H3/t17-,24-/m1/s1. The number of carbonyl (C=O) groups excluding carboxylic acids is 1. The van der Waals surface area contributed by atoms with E-state index in [0.29, 0.717) is 22.5 Å². The van der Waals surface area contributed by atoms with Gasteiger partial charge in [-0.15, -0.1) is 13.2 Å². The number of benzene rings is 3. The molecule has 3 aromatic carbocycles. The van der Waals surface area contributed by atoms with Gasteiger partial charge in [-0.1, -0.05) is 42.5 Å². The first-order chi connectivity index (χ1) is 16.2. The Labute approximate surface area is 194 Å². The van der Waals surface area contributed by atoms with E-state index in [2.05, 4.69) is 10.1 Å². The average molecular weight is 463 g/mol. The van der Waals surface area contributed by atoms with Crippen LogP contribution in [0, 0.1) is 11.3 Å². The number of nitriles is 1. The van der Waals surface area contributed by atoms with E-state index < -0.39 is 12.4 Å². The number of rotatable bonds is 6. The van der Waals surface area contributed by atoms with Crippen LogP contribution in [0.25, 0.3) is 0 Å². The van der Waals surface area contributed by atoms with Crippen molar-refractivity contribution in [1.82, 2.24) is 5.32 Å². The number of amides is 1. The molecule has 0 saturated heterocycles. The van der Waals surface area contributed by atoms with Crippen LogP contribution < -0.4 is 15.0 Å². The van der Waals surface area contributed by atoms with Gasteiger partial charge < -0.3 is 10.1 Å². The summed E-state index contributed by atoms with van der Waals surface area (Å²) in [7, 11) is 0. The molecule has 1 amide bonds. The summed E-state index contributed by atoms with van der Waals surface area (Å²) in [4.78, 5) is 14.9. The highest BCUT2D eigenvalue weighted by molar-refractivity contribution is 6.09. The number of ether oxygens (including phenoxy) is 1. The molecule has 1 heterocycles. The van der Waals surface area contributed by atoms with E-state index in [-0.39, 0.29) is 17.7 Å². The molecule has 0 radical (unpaired) electrons. The fourth-order valence-corrected chi connectivity index (χ4v) is 3.84. The summed E-state index contributed by atoms with van der Waals surface area (Å²) in [5.74, 6) is -0.704. The van der Waals surface area contributed by atoms with Crippen molar-refractivity contribution in [1.29, 1.82) is 5.26 Å². The van der Waals surface area contributed by atoms with Gasteiger partial charge >= 0.3 is 6.36 Å². The smallest absolute Gasteiger partial charge is 0.406 e. The van der Waals surface area contributed by atoms with Gasteiger partial charge in [0.15, 0.2) is 0 Å². The Hall–Kier alpha value is -4.25. The fourth-order valence-electron chi connectivity index (χ4n) is 3.84. The maximum Gasteiger partial charge on any atom is 0.573 e. The maximum absolute atomic E-state index is 13.4. The highest BCUT2D eigenvalue weighted by atomic mass is 19.4. The predicted molar refractivity (Wildman–Crippen MR) is 121 cm³/mol. The summed E-state index contributed by atoms with van der Waals surface area (Å²) in [6, 6.07) is 22.7. The second-order valence-electron chi connectivity index (χ2n) is 7.76. The summed E-state index contributed by atoms with van der Waals surface area (Å²) in [5, 5.41) is 12.3. The molecule has 3 aromatic rings. The lowest BCUT2D eigenvalue weighted by Crippen LogP contribution is -2.33. The molecule has 1 aliphatic heterocycles. The molecule has 0 bridgehead atoms. The second-order valence-corrected chi connectivity index (χ2v) is 7.76. The highest BCUT2D eigenvalue weighted by Gasteiger charge is 2.36. The third kappa shape index (κ3) is 5.04. The SMILES string of the molecule is C[C@@H](NC1=C[C@H](c2cccc(OC(F)(F)F)c2)N(c2ccc(C#N)cc2)C1=O)c1ccccc1. The van der Waals surface area contributed by atoms with Crippen molar-refractivity contribution in [2.75, 3.05) is 4.90 Å². The van der Waals surface area contributed by atoms with E-state index >= 15 is 0 Å². The number of hydrogen-bond acceptors (Lipinski definition) is 4. The summed E-state index contributed by atoms with van der Waals surface area (Å²) in [6.07, 6.45) is -3.14. The topological polar surface area (TPSA) is 65.4 Å². The van der Waals surface area contributed by atoms with E-state index in [4.69, 9.17) is 5.26 Å². The summed E-state index contributed by atoms with van der Waals surface area (Å²) in [5.41, 5.74) is 2.69. The van der Waals surface area contributed by atoms with Crippen LogP contribution in [0.1, 0.15) is 35.7 Å². The van der Waals surface area contributed by atoms with Crippen LogP contribution in [-0.2, 0) is 4.79 Å².